The summed E-state index contributed by atoms with van der Waals surface area (Å²) in [5.41, 5.74) is 6.31. The Labute approximate surface area is 179 Å². The van der Waals surface area contributed by atoms with E-state index < -0.39 is 30.6 Å². The summed E-state index contributed by atoms with van der Waals surface area (Å²) in [5.74, 6) is -1.71. The van der Waals surface area contributed by atoms with Crippen LogP contribution in [-0.4, -0.2) is 54.0 Å². The minimum Gasteiger partial charge on any atom is -0.433 e. The van der Waals surface area contributed by atoms with Crippen molar-refractivity contribution in [2.45, 2.75) is 18.8 Å². The predicted molar refractivity (Wildman–Crippen MR) is 108 cm³/mol. The number of amides is 2. The van der Waals surface area contributed by atoms with Crippen LogP contribution in [0.15, 0.2) is 47.0 Å². The van der Waals surface area contributed by atoms with Crippen molar-refractivity contribution < 1.29 is 37.5 Å². The number of halogens is 2. The first-order valence-electron chi connectivity index (χ1n) is 9.46. The third-order valence-electron chi connectivity index (χ3n) is 4.82. The number of nitrogens with one attached hydrogen (secondary N) is 1. The van der Waals surface area contributed by atoms with Crippen LogP contribution in [0.5, 0.6) is 5.75 Å². The molecule has 4 rings (SSSR count). The molecule has 2 aromatic carbocycles. The molecule has 2 atom stereocenters. The van der Waals surface area contributed by atoms with Crippen LogP contribution in [0.3, 0.4) is 0 Å². The minimum atomic E-state index is -3.09. The number of hydrogen-bond acceptors (Lipinski definition) is 8. The van der Waals surface area contributed by atoms with Gasteiger partial charge in [-0.05, 0) is 24.3 Å². The van der Waals surface area contributed by atoms with Gasteiger partial charge in [-0.25, -0.2) is 0 Å². The van der Waals surface area contributed by atoms with Gasteiger partial charge in [-0.2, -0.15) is 8.78 Å². The Balaban J connectivity index is 1.50. The molecule has 0 spiro atoms. The number of fused-ring (bicyclic) bond motifs is 1. The standard InChI is InChI=1S/C20H18F2N4O6/c21-20(22)31-13-4-2-1-3-12(13)26-7-8-30-16(19(26)29)15(27)18(28)24-10-5-6-11-14(9-10)32-25-17(11)23/h1-6,9,15-16,20,27H,7-8H2,(H2,23,25)(H,24,28). The maximum absolute atomic E-state index is 12.9. The average Bonchev–Trinajstić information content (AvgIpc) is 3.13. The van der Waals surface area contributed by atoms with Gasteiger partial charge in [0.1, 0.15) is 5.75 Å². The van der Waals surface area contributed by atoms with Gasteiger partial charge in [0.2, 0.25) is 0 Å². The minimum absolute atomic E-state index is 0.0247. The van der Waals surface area contributed by atoms with Gasteiger partial charge in [-0.1, -0.05) is 17.3 Å². The van der Waals surface area contributed by atoms with Gasteiger partial charge in [-0.15, -0.1) is 0 Å². The highest BCUT2D eigenvalue weighted by molar-refractivity contribution is 6.05. The number of nitrogens with two attached hydrogens (primary N) is 1. The van der Waals surface area contributed by atoms with Crippen molar-refractivity contribution in [1.82, 2.24) is 5.16 Å². The number of aliphatic hydroxyl groups excluding tert-OH is 1. The van der Waals surface area contributed by atoms with Crippen molar-refractivity contribution in [2.75, 3.05) is 29.1 Å². The summed E-state index contributed by atoms with van der Waals surface area (Å²) in [4.78, 5) is 26.6. The number of carbonyl (C=O) groups excluding carboxylic acids is 2. The molecule has 0 bridgehead atoms. The smallest absolute Gasteiger partial charge is 0.387 e. The number of carbonyl (C=O) groups is 2. The fourth-order valence-electron chi connectivity index (χ4n) is 3.34. The van der Waals surface area contributed by atoms with E-state index in [9.17, 15) is 23.5 Å². The molecule has 2 unspecified atom stereocenters. The lowest BCUT2D eigenvalue weighted by molar-refractivity contribution is -0.150. The molecule has 32 heavy (non-hydrogen) atoms. The number of ether oxygens (including phenoxy) is 2. The third kappa shape index (κ3) is 4.18. The highest BCUT2D eigenvalue weighted by Gasteiger charge is 2.40. The Morgan fingerprint density at radius 1 is 1.31 bits per heavy atom. The SMILES string of the molecule is Nc1noc2cc(NC(=O)C(O)C3OCCN(c4ccccc4OC(F)F)C3=O)ccc12. The van der Waals surface area contributed by atoms with Crippen LogP contribution in [0, 0.1) is 0 Å². The number of nitrogen functional groups attached to an aromatic ring is 1. The Hall–Kier alpha value is -3.77. The van der Waals surface area contributed by atoms with Crippen molar-refractivity contribution in [1.29, 1.82) is 0 Å². The number of anilines is 3. The lowest BCUT2D eigenvalue weighted by Gasteiger charge is -2.34. The van der Waals surface area contributed by atoms with Crippen molar-refractivity contribution in [2.24, 2.45) is 0 Å². The number of nitrogens with zero attached hydrogens (tertiary/aromatic N) is 2. The topological polar surface area (TPSA) is 140 Å². The molecule has 1 aliphatic rings. The number of para-hydroxylation sites is 2. The summed E-state index contributed by atoms with van der Waals surface area (Å²) in [5, 5.41) is 17.1. The number of aromatic nitrogens is 1. The molecular weight excluding hydrogens is 430 g/mol. The zero-order valence-corrected chi connectivity index (χ0v) is 16.4. The quantitative estimate of drug-likeness (QED) is 0.518. The van der Waals surface area contributed by atoms with Crippen LogP contribution in [0.25, 0.3) is 11.0 Å². The van der Waals surface area contributed by atoms with Crippen LogP contribution in [0.4, 0.5) is 26.0 Å². The molecule has 0 radical (unpaired) electrons. The molecule has 1 aliphatic heterocycles. The Kier molecular flexibility index (Phi) is 5.88. The van der Waals surface area contributed by atoms with Crippen molar-refractivity contribution in [3.63, 3.8) is 0 Å². The van der Waals surface area contributed by atoms with Gasteiger partial charge in [0, 0.05) is 18.3 Å². The van der Waals surface area contributed by atoms with E-state index in [2.05, 4.69) is 15.2 Å². The number of hydrogen-bond donors (Lipinski definition) is 3. The zero-order valence-electron chi connectivity index (χ0n) is 16.4. The molecule has 168 valence electrons. The van der Waals surface area contributed by atoms with Crippen LogP contribution >= 0.6 is 0 Å². The van der Waals surface area contributed by atoms with E-state index in [4.69, 9.17) is 15.0 Å². The van der Waals surface area contributed by atoms with E-state index >= 15 is 0 Å². The Morgan fingerprint density at radius 3 is 2.88 bits per heavy atom. The van der Waals surface area contributed by atoms with E-state index in [1.807, 2.05) is 0 Å². The average molecular weight is 448 g/mol. The summed E-state index contributed by atoms with van der Waals surface area (Å²) < 4.78 is 40.3. The normalized spacial score (nSPS) is 17.6. The second-order valence-corrected chi connectivity index (χ2v) is 6.84. The lowest BCUT2D eigenvalue weighted by Crippen LogP contribution is -2.55. The van der Waals surface area contributed by atoms with E-state index in [1.165, 1.54) is 30.3 Å². The number of aliphatic hydroxyl groups is 1. The van der Waals surface area contributed by atoms with Gasteiger partial charge in [-0.3, -0.25) is 9.59 Å². The number of rotatable bonds is 6. The molecule has 12 heteroatoms. The van der Waals surface area contributed by atoms with Gasteiger partial charge >= 0.3 is 6.61 Å². The summed E-state index contributed by atoms with van der Waals surface area (Å²) in [6, 6.07) is 10.3. The van der Waals surface area contributed by atoms with Gasteiger partial charge in [0.25, 0.3) is 11.8 Å². The monoisotopic (exact) mass is 448 g/mol. The third-order valence-corrected chi connectivity index (χ3v) is 4.82. The van der Waals surface area contributed by atoms with Crippen LogP contribution in [-0.2, 0) is 14.3 Å². The van der Waals surface area contributed by atoms with Gasteiger partial charge in [0.05, 0.1) is 17.7 Å². The summed E-state index contributed by atoms with van der Waals surface area (Å²) in [6.07, 6.45) is -3.42. The molecule has 1 fully saturated rings. The first kappa shape index (κ1) is 21.5. The Morgan fingerprint density at radius 2 is 2.09 bits per heavy atom. The number of benzene rings is 2. The second-order valence-electron chi connectivity index (χ2n) is 6.84. The van der Waals surface area contributed by atoms with Crippen molar-refractivity contribution in [3.05, 3.63) is 42.5 Å². The Bertz CT molecular complexity index is 1150. The number of morpholine rings is 1. The zero-order chi connectivity index (χ0) is 22.8. The van der Waals surface area contributed by atoms with E-state index in [1.54, 1.807) is 12.1 Å². The first-order chi connectivity index (χ1) is 15.3. The lowest BCUT2D eigenvalue weighted by atomic mass is 10.1. The highest BCUT2D eigenvalue weighted by atomic mass is 19.3. The van der Waals surface area contributed by atoms with Gasteiger partial charge in [0.15, 0.2) is 23.6 Å². The van der Waals surface area contributed by atoms with Crippen LogP contribution < -0.4 is 20.7 Å². The van der Waals surface area contributed by atoms with Crippen molar-refractivity contribution >= 4 is 40.0 Å². The molecule has 2 heterocycles. The molecule has 0 saturated carbocycles. The summed E-state index contributed by atoms with van der Waals surface area (Å²) in [6.45, 7) is -3.10. The fourth-order valence-corrected chi connectivity index (χ4v) is 3.34. The second kappa shape index (κ2) is 8.77. The maximum atomic E-state index is 12.9. The molecule has 2 amide bonds. The van der Waals surface area contributed by atoms with Gasteiger partial charge < -0.3 is 35.1 Å². The van der Waals surface area contributed by atoms with E-state index in [-0.39, 0.29) is 36.1 Å². The molecule has 3 aromatic rings. The number of alkyl halides is 2. The molecule has 0 aliphatic carbocycles. The fraction of sp³-hybridized carbons (Fsp3) is 0.250. The van der Waals surface area contributed by atoms with Crippen LogP contribution in [0.1, 0.15) is 0 Å². The largest absolute Gasteiger partial charge is 0.433 e. The maximum Gasteiger partial charge on any atom is 0.387 e. The first-order valence-corrected chi connectivity index (χ1v) is 9.46. The summed E-state index contributed by atoms with van der Waals surface area (Å²) >= 11 is 0. The van der Waals surface area contributed by atoms with Crippen LogP contribution in [0.2, 0.25) is 0 Å². The molecule has 10 nitrogen and oxygen atoms in total. The molecular formula is C20H18F2N4O6. The highest BCUT2D eigenvalue weighted by Crippen LogP contribution is 2.31. The molecule has 4 N–H and O–H groups in total. The molecule has 1 aromatic heterocycles. The van der Waals surface area contributed by atoms with E-state index in [0.717, 1.165) is 4.90 Å². The summed E-state index contributed by atoms with van der Waals surface area (Å²) in [7, 11) is 0. The van der Waals surface area contributed by atoms with Crippen molar-refractivity contribution in [3.8, 4) is 5.75 Å². The van der Waals surface area contributed by atoms with E-state index in [0.29, 0.717) is 11.0 Å². The predicted octanol–water partition coefficient (Wildman–Crippen LogP) is 1.74. The molecule has 1 saturated heterocycles.